The summed E-state index contributed by atoms with van der Waals surface area (Å²) in [5.41, 5.74) is 5.83. The molecule has 0 aliphatic heterocycles. The van der Waals surface area contributed by atoms with Crippen LogP contribution in [0.5, 0.6) is 0 Å². The smallest absolute Gasteiger partial charge is 0.234 e. The molecule has 0 saturated heterocycles. The van der Waals surface area contributed by atoms with E-state index in [0.29, 0.717) is 11.2 Å². The third kappa shape index (κ3) is 3.55. The fraction of sp³-hybridized carbons (Fsp3) is 0.346. The molecular weight excluding hydrogens is 404 g/mol. The van der Waals surface area contributed by atoms with Crippen LogP contribution in [-0.4, -0.2) is 17.4 Å². The number of fused-ring (bicyclic) bond motifs is 3. The molecule has 0 radical (unpaired) electrons. The highest BCUT2D eigenvalue weighted by molar-refractivity contribution is 7.90. The van der Waals surface area contributed by atoms with Gasteiger partial charge < -0.3 is 0 Å². The molecule has 0 saturated carbocycles. The van der Waals surface area contributed by atoms with Crippen LogP contribution in [0, 0.1) is 6.92 Å². The van der Waals surface area contributed by atoms with Gasteiger partial charge >= 0.3 is 0 Å². The Labute approximate surface area is 185 Å². The van der Waals surface area contributed by atoms with Gasteiger partial charge in [-0.25, -0.2) is 17.4 Å². The molecule has 2 heterocycles. The van der Waals surface area contributed by atoms with E-state index in [1.165, 1.54) is 15.1 Å². The molecule has 5 heteroatoms. The topological polar surface area (TPSA) is 52.0 Å². The molecule has 0 aliphatic rings. The number of hydrogen-bond acceptors (Lipinski definition) is 3. The van der Waals surface area contributed by atoms with Crippen LogP contribution in [0.15, 0.2) is 53.4 Å². The maximum Gasteiger partial charge on any atom is 0.269 e. The van der Waals surface area contributed by atoms with E-state index >= 15 is 0 Å². The molecule has 2 aromatic heterocycles. The van der Waals surface area contributed by atoms with E-state index in [2.05, 4.69) is 20.8 Å². The summed E-state index contributed by atoms with van der Waals surface area (Å²) in [5.74, 6) is 0. The fourth-order valence-corrected chi connectivity index (χ4v) is 5.98. The molecule has 4 nitrogen and oxygen atoms in total. The zero-order chi connectivity index (χ0) is 22.2. The van der Waals surface area contributed by atoms with Gasteiger partial charge in [0.25, 0.3) is 10.0 Å². The number of hydrogen-bond donors (Lipinski definition) is 0. The summed E-state index contributed by atoms with van der Waals surface area (Å²) in [6.07, 6.45) is 4.78. The number of pyridine rings is 1. The van der Waals surface area contributed by atoms with E-state index in [9.17, 15) is 8.42 Å². The number of benzene rings is 2. The van der Waals surface area contributed by atoms with Gasteiger partial charge in [0.15, 0.2) is 5.65 Å². The molecular formula is C26H30N2O2S. The van der Waals surface area contributed by atoms with E-state index < -0.39 is 10.0 Å². The van der Waals surface area contributed by atoms with E-state index in [-0.39, 0.29) is 4.90 Å². The van der Waals surface area contributed by atoms with Gasteiger partial charge in [-0.15, -0.1) is 0 Å². The number of aryl methyl sites for hydroxylation is 3. The first-order valence-corrected chi connectivity index (χ1v) is 12.6. The predicted octanol–water partition coefficient (Wildman–Crippen LogP) is 6.20. The zero-order valence-corrected chi connectivity index (χ0v) is 19.6. The molecule has 2 aromatic carbocycles. The van der Waals surface area contributed by atoms with Crippen molar-refractivity contribution in [2.45, 2.75) is 64.7 Å². The summed E-state index contributed by atoms with van der Waals surface area (Å²) in [6, 6.07) is 14.9. The molecule has 0 amide bonds. The lowest BCUT2D eigenvalue weighted by molar-refractivity contribution is 0.590. The Bertz CT molecular complexity index is 1350. The van der Waals surface area contributed by atoms with Gasteiger partial charge in [0.1, 0.15) is 0 Å². The Hall–Kier alpha value is -2.66. The van der Waals surface area contributed by atoms with Crippen LogP contribution in [0.4, 0.5) is 0 Å². The van der Waals surface area contributed by atoms with E-state index in [4.69, 9.17) is 4.98 Å². The van der Waals surface area contributed by atoms with Crippen LogP contribution in [0.3, 0.4) is 0 Å². The van der Waals surface area contributed by atoms with Crippen molar-refractivity contribution in [1.29, 1.82) is 0 Å². The van der Waals surface area contributed by atoms with Crippen molar-refractivity contribution in [1.82, 2.24) is 8.96 Å². The van der Waals surface area contributed by atoms with Crippen LogP contribution < -0.4 is 0 Å². The minimum atomic E-state index is -3.79. The minimum absolute atomic E-state index is 0.287. The number of para-hydroxylation sites is 1. The quantitative estimate of drug-likeness (QED) is 0.348. The Morgan fingerprint density at radius 2 is 1.61 bits per heavy atom. The zero-order valence-electron chi connectivity index (χ0n) is 18.8. The van der Waals surface area contributed by atoms with Gasteiger partial charge in [-0.1, -0.05) is 63.1 Å². The average molecular weight is 435 g/mol. The number of unbranched alkanes of at least 4 members (excludes halogenated alkanes) is 1. The fourth-order valence-electron chi connectivity index (χ4n) is 4.52. The number of rotatable bonds is 7. The highest BCUT2D eigenvalue weighted by Gasteiger charge is 2.27. The van der Waals surface area contributed by atoms with Crippen LogP contribution >= 0.6 is 0 Å². The third-order valence-corrected chi connectivity index (χ3v) is 7.81. The van der Waals surface area contributed by atoms with E-state index in [0.717, 1.165) is 54.1 Å². The average Bonchev–Trinajstić information content (AvgIpc) is 3.11. The van der Waals surface area contributed by atoms with Gasteiger partial charge in [-0.2, -0.15) is 0 Å². The predicted molar refractivity (Wildman–Crippen MR) is 128 cm³/mol. The Kier molecular flexibility index (Phi) is 5.89. The lowest BCUT2D eigenvalue weighted by atomic mass is 9.94. The highest BCUT2D eigenvalue weighted by atomic mass is 32.2. The van der Waals surface area contributed by atoms with E-state index in [1.807, 2.05) is 43.3 Å². The summed E-state index contributed by atoms with van der Waals surface area (Å²) < 4.78 is 29.1. The lowest BCUT2D eigenvalue weighted by Crippen LogP contribution is -2.14. The SMILES string of the molecule is CCCCc1c(CC)c(CC)nc2c1c1ccccc1n2S(=O)(=O)c1ccc(C)cc1. The van der Waals surface area contributed by atoms with Crippen molar-refractivity contribution in [3.8, 4) is 0 Å². The highest BCUT2D eigenvalue weighted by Crippen LogP contribution is 2.37. The molecule has 0 fully saturated rings. The molecule has 4 rings (SSSR count). The van der Waals surface area contributed by atoms with Crippen LogP contribution in [0.2, 0.25) is 0 Å². The molecule has 0 bridgehead atoms. The molecule has 0 N–H and O–H groups in total. The summed E-state index contributed by atoms with van der Waals surface area (Å²) in [7, 11) is -3.79. The number of aromatic nitrogens is 2. The molecule has 0 atom stereocenters. The largest absolute Gasteiger partial charge is 0.269 e. The van der Waals surface area contributed by atoms with Crippen molar-refractivity contribution in [2.75, 3.05) is 0 Å². The van der Waals surface area contributed by atoms with Gasteiger partial charge in [0, 0.05) is 16.5 Å². The Balaban J connectivity index is 2.16. The van der Waals surface area contributed by atoms with Crippen molar-refractivity contribution < 1.29 is 8.42 Å². The summed E-state index contributed by atoms with van der Waals surface area (Å²) in [6.45, 7) is 8.41. The van der Waals surface area contributed by atoms with Gasteiger partial charge in [0.05, 0.1) is 10.4 Å². The van der Waals surface area contributed by atoms with Crippen molar-refractivity contribution in [3.63, 3.8) is 0 Å². The lowest BCUT2D eigenvalue weighted by Gasteiger charge is -2.15. The molecule has 0 unspecified atom stereocenters. The maximum absolute atomic E-state index is 13.8. The molecule has 0 aliphatic carbocycles. The second-order valence-corrected chi connectivity index (χ2v) is 9.91. The Morgan fingerprint density at radius 1 is 0.903 bits per heavy atom. The van der Waals surface area contributed by atoms with Gasteiger partial charge in [-0.3, -0.25) is 0 Å². The van der Waals surface area contributed by atoms with Crippen LogP contribution in [-0.2, 0) is 29.3 Å². The second-order valence-electron chi connectivity index (χ2n) is 8.12. The molecule has 4 aromatic rings. The first kappa shape index (κ1) is 21.6. The Morgan fingerprint density at radius 3 is 2.26 bits per heavy atom. The minimum Gasteiger partial charge on any atom is -0.234 e. The molecule has 31 heavy (non-hydrogen) atoms. The van der Waals surface area contributed by atoms with Crippen molar-refractivity contribution >= 4 is 32.0 Å². The summed E-state index contributed by atoms with van der Waals surface area (Å²) in [5, 5.41) is 1.96. The van der Waals surface area contributed by atoms with Crippen molar-refractivity contribution in [3.05, 3.63) is 70.9 Å². The third-order valence-electron chi connectivity index (χ3n) is 6.09. The standard InChI is InChI=1S/C26H30N2O2S/c1-5-8-11-21-20(6-2)23(7-3)27-26-25(21)22-12-9-10-13-24(22)28(26)31(29,30)19-16-14-18(4)15-17-19/h9-10,12-17H,5-8,11H2,1-4H3. The second kappa shape index (κ2) is 8.46. The number of nitrogens with zero attached hydrogens (tertiary/aromatic N) is 2. The van der Waals surface area contributed by atoms with Gasteiger partial charge in [-0.05, 0) is 61.9 Å². The monoisotopic (exact) mass is 434 g/mol. The first-order chi connectivity index (χ1) is 14.9. The van der Waals surface area contributed by atoms with Crippen molar-refractivity contribution in [2.24, 2.45) is 0 Å². The summed E-state index contributed by atoms with van der Waals surface area (Å²) >= 11 is 0. The van der Waals surface area contributed by atoms with Crippen LogP contribution in [0.25, 0.3) is 21.9 Å². The molecule has 0 spiro atoms. The van der Waals surface area contributed by atoms with Gasteiger partial charge in [0.2, 0.25) is 0 Å². The first-order valence-electron chi connectivity index (χ1n) is 11.2. The molecule has 162 valence electrons. The van der Waals surface area contributed by atoms with Crippen LogP contribution in [0.1, 0.15) is 56.0 Å². The van der Waals surface area contributed by atoms with E-state index in [1.54, 1.807) is 12.1 Å². The normalized spacial score (nSPS) is 12.1. The summed E-state index contributed by atoms with van der Waals surface area (Å²) in [4.78, 5) is 5.25. The maximum atomic E-state index is 13.8.